The lowest BCUT2D eigenvalue weighted by molar-refractivity contribution is -0.123. The molecule has 0 radical (unpaired) electrons. The van der Waals surface area contributed by atoms with Crippen molar-refractivity contribution >= 4 is 5.91 Å². The standard InChI is InChI=1S/C14H26N2O/c1-3-14(8-4-5-9-14)10-15-11(2)13(17)16-12-6-7-12/h11-12,15H,3-10H2,1-2H3,(H,16,17). The van der Waals surface area contributed by atoms with Crippen LogP contribution in [0.3, 0.4) is 0 Å². The van der Waals surface area contributed by atoms with Crippen LogP contribution in [-0.2, 0) is 4.79 Å². The molecular formula is C14H26N2O. The Labute approximate surface area is 105 Å². The zero-order chi connectivity index (χ0) is 12.3. The third kappa shape index (κ3) is 3.44. The Morgan fingerprint density at radius 1 is 1.35 bits per heavy atom. The van der Waals surface area contributed by atoms with Crippen LogP contribution in [0.25, 0.3) is 0 Å². The smallest absolute Gasteiger partial charge is 0.237 e. The van der Waals surface area contributed by atoms with Gasteiger partial charge in [-0.05, 0) is 44.4 Å². The topological polar surface area (TPSA) is 41.1 Å². The Bertz CT molecular complexity index is 267. The molecule has 0 saturated heterocycles. The van der Waals surface area contributed by atoms with Gasteiger partial charge in [0.1, 0.15) is 0 Å². The first kappa shape index (κ1) is 12.9. The first-order valence-electron chi connectivity index (χ1n) is 7.19. The lowest BCUT2D eigenvalue weighted by Gasteiger charge is -2.29. The Balaban J connectivity index is 1.73. The largest absolute Gasteiger partial charge is 0.352 e. The van der Waals surface area contributed by atoms with Gasteiger partial charge in [0.25, 0.3) is 0 Å². The molecule has 1 amide bonds. The van der Waals surface area contributed by atoms with E-state index < -0.39 is 0 Å². The predicted molar refractivity (Wildman–Crippen MR) is 69.8 cm³/mol. The summed E-state index contributed by atoms with van der Waals surface area (Å²) in [6, 6.07) is 0.429. The second-order valence-electron chi connectivity index (χ2n) is 5.95. The highest BCUT2D eigenvalue weighted by molar-refractivity contribution is 5.81. The van der Waals surface area contributed by atoms with Gasteiger partial charge in [0.05, 0.1) is 6.04 Å². The van der Waals surface area contributed by atoms with E-state index in [4.69, 9.17) is 0 Å². The first-order chi connectivity index (χ1) is 8.15. The number of hydrogen-bond acceptors (Lipinski definition) is 2. The molecule has 0 aromatic rings. The van der Waals surface area contributed by atoms with Gasteiger partial charge in [-0.25, -0.2) is 0 Å². The van der Waals surface area contributed by atoms with Crippen molar-refractivity contribution in [1.82, 2.24) is 10.6 Å². The van der Waals surface area contributed by atoms with Crippen molar-refractivity contribution in [3.05, 3.63) is 0 Å². The summed E-state index contributed by atoms with van der Waals surface area (Å²) < 4.78 is 0. The van der Waals surface area contributed by atoms with Gasteiger partial charge in [-0.3, -0.25) is 4.79 Å². The average molecular weight is 238 g/mol. The van der Waals surface area contributed by atoms with Crippen LogP contribution in [0.15, 0.2) is 0 Å². The van der Waals surface area contributed by atoms with Gasteiger partial charge in [-0.1, -0.05) is 19.8 Å². The summed E-state index contributed by atoms with van der Waals surface area (Å²) in [5.74, 6) is 0.178. The second kappa shape index (κ2) is 5.38. The van der Waals surface area contributed by atoms with Gasteiger partial charge < -0.3 is 10.6 Å². The van der Waals surface area contributed by atoms with Crippen LogP contribution in [-0.4, -0.2) is 24.5 Å². The normalized spacial score (nSPS) is 24.6. The summed E-state index contributed by atoms with van der Waals surface area (Å²) in [5.41, 5.74) is 0.466. The van der Waals surface area contributed by atoms with E-state index in [-0.39, 0.29) is 11.9 Å². The maximum absolute atomic E-state index is 11.8. The molecule has 2 N–H and O–H groups in total. The molecule has 0 aromatic carbocycles. The Morgan fingerprint density at radius 3 is 2.53 bits per heavy atom. The van der Waals surface area contributed by atoms with Crippen LogP contribution in [0.4, 0.5) is 0 Å². The highest BCUT2D eigenvalue weighted by Gasteiger charge is 2.33. The Morgan fingerprint density at radius 2 is 2.00 bits per heavy atom. The highest BCUT2D eigenvalue weighted by atomic mass is 16.2. The number of carbonyl (C=O) groups excluding carboxylic acids is 1. The fraction of sp³-hybridized carbons (Fsp3) is 0.929. The quantitative estimate of drug-likeness (QED) is 0.745. The van der Waals surface area contributed by atoms with Gasteiger partial charge in [-0.2, -0.15) is 0 Å². The molecule has 0 heterocycles. The molecule has 3 nitrogen and oxygen atoms in total. The molecule has 98 valence electrons. The summed E-state index contributed by atoms with van der Waals surface area (Å²) >= 11 is 0. The molecular weight excluding hydrogens is 212 g/mol. The molecule has 1 atom stereocenters. The minimum Gasteiger partial charge on any atom is -0.352 e. The highest BCUT2D eigenvalue weighted by Crippen LogP contribution is 2.40. The van der Waals surface area contributed by atoms with E-state index in [9.17, 15) is 4.79 Å². The fourth-order valence-corrected chi connectivity index (χ4v) is 2.80. The van der Waals surface area contributed by atoms with E-state index in [1.54, 1.807) is 0 Å². The van der Waals surface area contributed by atoms with Crippen LogP contribution in [0, 0.1) is 5.41 Å². The number of nitrogens with one attached hydrogen (secondary N) is 2. The number of rotatable bonds is 6. The summed E-state index contributed by atoms with van der Waals surface area (Å²) in [6.45, 7) is 5.26. The van der Waals surface area contributed by atoms with Crippen LogP contribution in [0.1, 0.15) is 58.8 Å². The average Bonchev–Trinajstić information content (AvgIpc) is 3.02. The van der Waals surface area contributed by atoms with Crippen molar-refractivity contribution < 1.29 is 4.79 Å². The number of carbonyl (C=O) groups is 1. The van der Waals surface area contributed by atoms with E-state index in [0.29, 0.717) is 11.5 Å². The summed E-state index contributed by atoms with van der Waals surface area (Å²) in [6.07, 6.45) is 8.93. The first-order valence-corrected chi connectivity index (χ1v) is 7.19. The molecule has 17 heavy (non-hydrogen) atoms. The van der Waals surface area contributed by atoms with Crippen molar-refractivity contribution in [2.75, 3.05) is 6.54 Å². The lowest BCUT2D eigenvalue weighted by Crippen LogP contribution is -2.46. The molecule has 2 aliphatic carbocycles. The van der Waals surface area contributed by atoms with Crippen molar-refractivity contribution in [2.45, 2.75) is 70.9 Å². The van der Waals surface area contributed by atoms with E-state index in [1.165, 1.54) is 32.1 Å². The molecule has 3 heteroatoms. The van der Waals surface area contributed by atoms with Crippen LogP contribution < -0.4 is 10.6 Å². The third-order valence-electron chi connectivity index (χ3n) is 4.51. The van der Waals surface area contributed by atoms with Crippen LogP contribution in [0.5, 0.6) is 0 Å². The van der Waals surface area contributed by atoms with E-state index in [0.717, 1.165) is 19.4 Å². The molecule has 0 aliphatic heterocycles. The molecule has 0 aromatic heterocycles. The van der Waals surface area contributed by atoms with E-state index in [1.807, 2.05) is 6.92 Å². The second-order valence-corrected chi connectivity index (χ2v) is 5.95. The van der Waals surface area contributed by atoms with Crippen LogP contribution >= 0.6 is 0 Å². The molecule has 2 aliphatic rings. The van der Waals surface area contributed by atoms with Crippen molar-refractivity contribution in [1.29, 1.82) is 0 Å². The summed E-state index contributed by atoms with van der Waals surface area (Å²) in [7, 11) is 0. The molecule has 0 spiro atoms. The lowest BCUT2D eigenvalue weighted by atomic mass is 9.83. The molecule has 0 bridgehead atoms. The fourth-order valence-electron chi connectivity index (χ4n) is 2.80. The number of amides is 1. The van der Waals surface area contributed by atoms with Gasteiger partial charge in [0.2, 0.25) is 5.91 Å². The monoisotopic (exact) mass is 238 g/mol. The van der Waals surface area contributed by atoms with Gasteiger partial charge in [-0.15, -0.1) is 0 Å². The maximum Gasteiger partial charge on any atom is 0.237 e. The number of hydrogen-bond donors (Lipinski definition) is 2. The Hall–Kier alpha value is -0.570. The Kier molecular flexibility index (Phi) is 4.08. The van der Waals surface area contributed by atoms with Crippen LogP contribution in [0.2, 0.25) is 0 Å². The zero-order valence-electron chi connectivity index (χ0n) is 11.2. The van der Waals surface area contributed by atoms with Crippen molar-refractivity contribution in [3.63, 3.8) is 0 Å². The van der Waals surface area contributed by atoms with Gasteiger partial charge in [0, 0.05) is 12.6 Å². The maximum atomic E-state index is 11.8. The SMILES string of the molecule is CCC1(CNC(C)C(=O)NC2CC2)CCCC1. The van der Waals surface area contributed by atoms with Crippen molar-refractivity contribution in [3.8, 4) is 0 Å². The van der Waals surface area contributed by atoms with Gasteiger partial charge >= 0.3 is 0 Å². The molecule has 2 fully saturated rings. The molecule has 1 unspecified atom stereocenters. The molecule has 2 rings (SSSR count). The minimum absolute atomic E-state index is 0.0420. The zero-order valence-corrected chi connectivity index (χ0v) is 11.2. The third-order valence-corrected chi connectivity index (χ3v) is 4.51. The van der Waals surface area contributed by atoms with E-state index >= 15 is 0 Å². The summed E-state index contributed by atoms with van der Waals surface area (Å²) in [5, 5.41) is 6.50. The minimum atomic E-state index is -0.0420. The van der Waals surface area contributed by atoms with Crippen molar-refractivity contribution in [2.24, 2.45) is 5.41 Å². The predicted octanol–water partition coefficient (Wildman–Crippen LogP) is 2.21. The van der Waals surface area contributed by atoms with E-state index in [2.05, 4.69) is 17.6 Å². The summed E-state index contributed by atoms with van der Waals surface area (Å²) in [4.78, 5) is 11.8. The van der Waals surface area contributed by atoms with Gasteiger partial charge in [0.15, 0.2) is 0 Å². The molecule has 2 saturated carbocycles.